The zero-order valence-electron chi connectivity index (χ0n) is 16.5. The average molecular weight is 436 g/mol. The van der Waals surface area contributed by atoms with Crippen LogP contribution in [-0.2, 0) is 0 Å². The summed E-state index contributed by atoms with van der Waals surface area (Å²) in [5.41, 5.74) is 1.91. The summed E-state index contributed by atoms with van der Waals surface area (Å²) >= 11 is 6.03. The van der Waals surface area contributed by atoms with Gasteiger partial charge in [-0.1, -0.05) is 17.7 Å². The monoisotopic (exact) mass is 435 g/mol. The van der Waals surface area contributed by atoms with Crippen molar-refractivity contribution in [2.24, 2.45) is 0 Å². The van der Waals surface area contributed by atoms with Crippen LogP contribution in [0.15, 0.2) is 71.3 Å². The van der Waals surface area contributed by atoms with Crippen molar-refractivity contribution >= 4 is 23.3 Å². The number of hydrogen-bond acceptors (Lipinski definition) is 6. The van der Waals surface area contributed by atoms with Gasteiger partial charge in [0.05, 0.1) is 0 Å². The third kappa shape index (κ3) is 4.99. The number of aromatic nitrogens is 3. The SMILES string of the molecule is CCNC(=O)Nc1ccc(-c2nnc(-c3cccnc3Oc3cccc(Cl)c3)o2)cc1. The third-order valence-electron chi connectivity index (χ3n) is 4.16. The molecular weight excluding hydrogens is 418 g/mol. The molecule has 0 saturated carbocycles. The van der Waals surface area contributed by atoms with Crippen LogP contribution >= 0.6 is 11.6 Å². The fourth-order valence-corrected chi connectivity index (χ4v) is 2.94. The number of benzene rings is 2. The standard InChI is InChI=1S/C22H18ClN5O3/c1-2-24-22(29)26-16-10-8-14(9-11-16)19-27-28-21(31-19)18-7-4-12-25-20(18)30-17-6-3-5-15(23)13-17/h3-13H,2H2,1H3,(H2,24,26,29). The van der Waals surface area contributed by atoms with Crippen LogP contribution in [0.4, 0.5) is 10.5 Å². The molecule has 9 heteroatoms. The number of carbonyl (C=O) groups is 1. The molecule has 0 fully saturated rings. The highest BCUT2D eigenvalue weighted by molar-refractivity contribution is 6.30. The van der Waals surface area contributed by atoms with Gasteiger partial charge < -0.3 is 19.8 Å². The maximum atomic E-state index is 11.6. The molecule has 0 radical (unpaired) electrons. The van der Waals surface area contributed by atoms with E-state index in [0.29, 0.717) is 45.9 Å². The number of amides is 2. The molecule has 0 aliphatic rings. The molecule has 4 rings (SSSR count). The summed E-state index contributed by atoms with van der Waals surface area (Å²) in [6.07, 6.45) is 1.61. The van der Waals surface area contributed by atoms with Gasteiger partial charge in [-0.15, -0.1) is 10.2 Å². The van der Waals surface area contributed by atoms with Crippen molar-refractivity contribution in [3.63, 3.8) is 0 Å². The van der Waals surface area contributed by atoms with Gasteiger partial charge in [-0.2, -0.15) is 0 Å². The fourth-order valence-electron chi connectivity index (χ4n) is 2.76. The maximum absolute atomic E-state index is 11.6. The van der Waals surface area contributed by atoms with E-state index >= 15 is 0 Å². The van der Waals surface area contributed by atoms with Gasteiger partial charge in [0.15, 0.2) is 0 Å². The van der Waals surface area contributed by atoms with Gasteiger partial charge in [0.1, 0.15) is 11.3 Å². The second kappa shape index (κ2) is 9.27. The van der Waals surface area contributed by atoms with E-state index in [1.54, 1.807) is 66.9 Å². The van der Waals surface area contributed by atoms with Crippen LogP contribution in [0.2, 0.25) is 5.02 Å². The third-order valence-corrected chi connectivity index (χ3v) is 4.40. The van der Waals surface area contributed by atoms with Gasteiger partial charge in [0.2, 0.25) is 11.8 Å². The number of ether oxygens (including phenoxy) is 1. The molecule has 0 aliphatic carbocycles. The maximum Gasteiger partial charge on any atom is 0.319 e. The molecule has 2 aromatic carbocycles. The number of hydrogen-bond donors (Lipinski definition) is 2. The zero-order chi connectivity index (χ0) is 21.6. The summed E-state index contributed by atoms with van der Waals surface area (Å²) in [5.74, 6) is 1.46. The van der Waals surface area contributed by atoms with Crippen LogP contribution in [0.25, 0.3) is 22.9 Å². The van der Waals surface area contributed by atoms with Crippen molar-refractivity contribution in [3.8, 4) is 34.5 Å². The van der Waals surface area contributed by atoms with E-state index in [-0.39, 0.29) is 11.9 Å². The number of nitrogens with zero attached hydrogens (tertiary/aromatic N) is 3. The van der Waals surface area contributed by atoms with Crippen molar-refractivity contribution in [1.29, 1.82) is 0 Å². The molecule has 2 aromatic heterocycles. The molecule has 31 heavy (non-hydrogen) atoms. The summed E-state index contributed by atoms with van der Waals surface area (Å²) in [5, 5.41) is 14.2. The molecule has 2 amide bonds. The van der Waals surface area contributed by atoms with E-state index in [9.17, 15) is 4.79 Å². The first-order valence-corrected chi connectivity index (χ1v) is 9.88. The van der Waals surface area contributed by atoms with Gasteiger partial charge in [-0.25, -0.2) is 9.78 Å². The number of halogens is 1. The van der Waals surface area contributed by atoms with Crippen LogP contribution in [0, 0.1) is 0 Å². The highest BCUT2D eigenvalue weighted by atomic mass is 35.5. The summed E-state index contributed by atoms with van der Waals surface area (Å²) in [6, 6.07) is 17.4. The average Bonchev–Trinajstić information content (AvgIpc) is 3.25. The minimum Gasteiger partial charge on any atom is -0.438 e. The van der Waals surface area contributed by atoms with Crippen molar-refractivity contribution < 1.29 is 13.9 Å². The lowest BCUT2D eigenvalue weighted by Gasteiger charge is -2.07. The zero-order valence-corrected chi connectivity index (χ0v) is 17.3. The van der Waals surface area contributed by atoms with E-state index in [0.717, 1.165) is 0 Å². The molecule has 0 saturated heterocycles. The van der Waals surface area contributed by atoms with Gasteiger partial charge in [0.25, 0.3) is 5.89 Å². The Bertz CT molecular complexity index is 1190. The molecule has 0 bridgehead atoms. The van der Waals surface area contributed by atoms with Crippen LogP contribution < -0.4 is 15.4 Å². The van der Waals surface area contributed by atoms with E-state index in [2.05, 4.69) is 25.8 Å². The van der Waals surface area contributed by atoms with E-state index < -0.39 is 0 Å². The Kier molecular flexibility index (Phi) is 6.09. The second-order valence-electron chi connectivity index (χ2n) is 6.39. The molecule has 0 atom stereocenters. The summed E-state index contributed by atoms with van der Waals surface area (Å²) in [6.45, 7) is 2.40. The van der Waals surface area contributed by atoms with Crippen molar-refractivity contribution in [3.05, 3.63) is 71.9 Å². The quantitative estimate of drug-likeness (QED) is 0.421. The Morgan fingerprint density at radius 3 is 2.65 bits per heavy atom. The van der Waals surface area contributed by atoms with Crippen molar-refractivity contribution in [1.82, 2.24) is 20.5 Å². The lowest BCUT2D eigenvalue weighted by atomic mass is 10.2. The lowest BCUT2D eigenvalue weighted by Crippen LogP contribution is -2.28. The first-order chi connectivity index (χ1) is 15.1. The van der Waals surface area contributed by atoms with E-state index in [1.807, 2.05) is 6.92 Å². The Balaban J connectivity index is 1.55. The fraction of sp³-hybridized carbons (Fsp3) is 0.0909. The van der Waals surface area contributed by atoms with Crippen LogP contribution in [0.3, 0.4) is 0 Å². The molecule has 0 aliphatic heterocycles. The predicted molar refractivity (Wildman–Crippen MR) is 117 cm³/mol. The smallest absolute Gasteiger partial charge is 0.319 e. The van der Waals surface area contributed by atoms with E-state index in [4.69, 9.17) is 20.8 Å². The van der Waals surface area contributed by atoms with Crippen LogP contribution in [-0.4, -0.2) is 27.8 Å². The molecule has 0 unspecified atom stereocenters. The summed E-state index contributed by atoms with van der Waals surface area (Å²) < 4.78 is 11.7. The van der Waals surface area contributed by atoms with Crippen molar-refractivity contribution in [2.75, 3.05) is 11.9 Å². The largest absolute Gasteiger partial charge is 0.438 e. The normalized spacial score (nSPS) is 10.5. The second-order valence-corrected chi connectivity index (χ2v) is 6.83. The molecule has 8 nitrogen and oxygen atoms in total. The Hall–Kier alpha value is -3.91. The minimum absolute atomic E-state index is 0.265. The molecule has 156 valence electrons. The molecule has 0 spiro atoms. The molecule has 2 heterocycles. The molecule has 2 N–H and O–H groups in total. The molecular formula is C22H18ClN5O3. The first kappa shape index (κ1) is 20.4. The summed E-state index contributed by atoms with van der Waals surface area (Å²) in [4.78, 5) is 15.9. The number of urea groups is 1. The Labute approximate surface area is 183 Å². The van der Waals surface area contributed by atoms with Crippen LogP contribution in [0.1, 0.15) is 6.92 Å². The first-order valence-electron chi connectivity index (χ1n) is 9.50. The number of nitrogens with one attached hydrogen (secondary N) is 2. The van der Waals surface area contributed by atoms with Gasteiger partial charge >= 0.3 is 6.03 Å². The number of pyridine rings is 1. The lowest BCUT2D eigenvalue weighted by molar-refractivity contribution is 0.252. The summed E-state index contributed by atoms with van der Waals surface area (Å²) in [7, 11) is 0. The number of rotatable bonds is 6. The topological polar surface area (TPSA) is 102 Å². The van der Waals surface area contributed by atoms with Crippen molar-refractivity contribution in [2.45, 2.75) is 6.92 Å². The van der Waals surface area contributed by atoms with E-state index in [1.165, 1.54) is 0 Å². The van der Waals surface area contributed by atoms with Gasteiger partial charge in [0, 0.05) is 29.0 Å². The van der Waals surface area contributed by atoms with Gasteiger partial charge in [-0.3, -0.25) is 0 Å². The predicted octanol–water partition coefficient (Wildman–Crippen LogP) is 5.39. The highest BCUT2D eigenvalue weighted by Crippen LogP contribution is 2.33. The number of anilines is 1. The van der Waals surface area contributed by atoms with Crippen LogP contribution in [0.5, 0.6) is 11.6 Å². The highest BCUT2D eigenvalue weighted by Gasteiger charge is 2.16. The minimum atomic E-state index is -0.265. The Morgan fingerprint density at radius 2 is 1.87 bits per heavy atom. The number of carbonyl (C=O) groups excluding carboxylic acids is 1. The molecule has 4 aromatic rings. The Morgan fingerprint density at radius 1 is 1.06 bits per heavy atom. The van der Waals surface area contributed by atoms with Gasteiger partial charge in [-0.05, 0) is 61.5 Å².